The lowest BCUT2D eigenvalue weighted by Crippen LogP contribution is -2.11. The van der Waals surface area contributed by atoms with Crippen LogP contribution in [0.5, 0.6) is 0 Å². The first-order valence-corrected chi connectivity index (χ1v) is 5.87. The molecule has 1 aromatic heterocycles. The van der Waals surface area contributed by atoms with Gasteiger partial charge in [-0.15, -0.1) is 0 Å². The van der Waals surface area contributed by atoms with Gasteiger partial charge in [0.05, 0.1) is 4.92 Å². The third-order valence-electron chi connectivity index (χ3n) is 3.07. The second-order valence-electron chi connectivity index (χ2n) is 4.22. The summed E-state index contributed by atoms with van der Waals surface area (Å²) in [4.78, 5) is 12.6. The summed E-state index contributed by atoms with van der Waals surface area (Å²) in [5.41, 5.74) is 1.67. The zero-order chi connectivity index (χ0) is 14.1. The normalized spacial score (nSPS) is 10.7. The van der Waals surface area contributed by atoms with Gasteiger partial charge in [0.15, 0.2) is 0 Å². The second-order valence-corrected chi connectivity index (χ2v) is 4.22. The van der Waals surface area contributed by atoms with Crippen molar-refractivity contribution >= 4 is 28.1 Å². The van der Waals surface area contributed by atoms with Crippen molar-refractivity contribution in [2.45, 2.75) is 0 Å². The van der Waals surface area contributed by atoms with Crippen LogP contribution in [0.15, 0.2) is 47.1 Å². The highest BCUT2D eigenvalue weighted by molar-refractivity contribution is 5.92. The number of para-hydroxylation sites is 1. The summed E-state index contributed by atoms with van der Waals surface area (Å²) in [5, 5.41) is 18.6. The highest BCUT2D eigenvalue weighted by atomic mass is 16.6. The monoisotopic (exact) mass is 270 g/mol. The van der Waals surface area contributed by atoms with E-state index in [2.05, 4.69) is 14.9 Å². The lowest BCUT2D eigenvalue weighted by atomic mass is 10.2. The van der Waals surface area contributed by atoms with Crippen molar-refractivity contribution in [3.8, 4) is 0 Å². The van der Waals surface area contributed by atoms with Crippen LogP contribution >= 0.6 is 0 Å². The van der Waals surface area contributed by atoms with Crippen LogP contribution in [0.4, 0.5) is 17.1 Å². The minimum Gasteiger partial charge on any atom is -0.339 e. The van der Waals surface area contributed by atoms with Crippen LogP contribution in [0.25, 0.3) is 11.0 Å². The van der Waals surface area contributed by atoms with Crippen molar-refractivity contribution in [1.82, 2.24) is 10.3 Å². The Balaban J connectivity index is 2.20. The van der Waals surface area contributed by atoms with Gasteiger partial charge in [-0.1, -0.05) is 18.2 Å². The van der Waals surface area contributed by atoms with Gasteiger partial charge in [-0.05, 0) is 34.6 Å². The first kappa shape index (κ1) is 12.1. The van der Waals surface area contributed by atoms with Crippen molar-refractivity contribution in [2.75, 3.05) is 11.9 Å². The number of nitro groups is 1. The molecular weight excluding hydrogens is 260 g/mol. The molecule has 100 valence electrons. The van der Waals surface area contributed by atoms with Gasteiger partial charge >= 0.3 is 5.69 Å². The number of hydrogen-bond acceptors (Lipinski definition) is 6. The average Bonchev–Trinajstić information content (AvgIpc) is 2.94. The maximum absolute atomic E-state index is 11.3. The van der Waals surface area contributed by atoms with Crippen molar-refractivity contribution < 1.29 is 9.55 Å². The first-order chi connectivity index (χ1) is 9.68. The maximum atomic E-state index is 11.3. The lowest BCUT2D eigenvalue weighted by Gasteiger charge is -2.18. The Labute approximate surface area is 113 Å². The van der Waals surface area contributed by atoms with Gasteiger partial charge in [0.1, 0.15) is 11.2 Å². The van der Waals surface area contributed by atoms with Gasteiger partial charge < -0.3 is 4.90 Å². The molecule has 0 aliphatic rings. The predicted octanol–water partition coefficient (Wildman–Crippen LogP) is 2.90. The van der Waals surface area contributed by atoms with Gasteiger partial charge in [-0.3, -0.25) is 10.1 Å². The summed E-state index contributed by atoms with van der Waals surface area (Å²) in [5.74, 6) is 0. The summed E-state index contributed by atoms with van der Waals surface area (Å²) in [6.07, 6.45) is 0. The van der Waals surface area contributed by atoms with E-state index in [0.717, 1.165) is 5.69 Å². The first-order valence-electron chi connectivity index (χ1n) is 5.87. The SMILES string of the molecule is CN(c1ccccc1)c1ccc2nonc2c1[N+](=O)[O-]. The van der Waals surface area contributed by atoms with E-state index in [4.69, 9.17) is 0 Å². The Kier molecular flexibility index (Phi) is 2.79. The minimum absolute atomic E-state index is 0.116. The van der Waals surface area contributed by atoms with Crippen LogP contribution in [0.1, 0.15) is 0 Å². The molecule has 0 radical (unpaired) electrons. The molecule has 3 aromatic rings. The van der Waals surface area contributed by atoms with Crippen molar-refractivity contribution in [1.29, 1.82) is 0 Å². The van der Waals surface area contributed by atoms with E-state index in [9.17, 15) is 10.1 Å². The number of hydrogen-bond donors (Lipinski definition) is 0. The zero-order valence-electron chi connectivity index (χ0n) is 10.6. The quantitative estimate of drug-likeness (QED) is 0.537. The van der Waals surface area contributed by atoms with Crippen molar-refractivity contribution in [3.63, 3.8) is 0 Å². The van der Waals surface area contributed by atoms with E-state index in [0.29, 0.717) is 11.2 Å². The van der Waals surface area contributed by atoms with Gasteiger partial charge in [0.2, 0.25) is 5.52 Å². The molecular formula is C13H10N4O3. The fourth-order valence-electron chi connectivity index (χ4n) is 2.07. The van der Waals surface area contributed by atoms with Crippen LogP contribution in [-0.4, -0.2) is 22.3 Å². The molecule has 3 rings (SSSR count). The smallest absolute Gasteiger partial charge is 0.324 e. The highest BCUT2D eigenvalue weighted by Gasteiger charge is 2.25. The largest absolute Gasteiger partial charge is 0.339 e. The molecule has 0 aliphatic heterocycles. The third kappa shape index (κ3) is 1.85. The molecule has 7 heteroatoms. The van der Waals surface area contributed by atoms with Crippen molar-refractivity contribution in [2.24, 2.45) is 0 Å². The van der Waals surface area contributed by atoms with Crippen LogP contribution in [-0.2, 0) is 0 Å². The topological polar surface area (TPSA) is 85.3 Å². The molecule has 2 aromatic carbocycles. The average molecular weight is 270 g/mol. The Morgan fingerprint density at radius 2 is 1.90 bits per heavy atom. The highest BCUT2D eigenvalue weighted by Crippen LogP contribution is 2.36. The molecule has 0 spiro atoms. The number of benzene rings is 2. The number of fused-ring (bicyclic) bond motifs is 1. The van der Waals surface area contributed by atoms with E-state index in [1.807, 2.05) is 30.3 Å². The number of anilines is 2. The maximum Gasteiger partial charge on any atom is 0.324 e. The van der Waals surface area contributed by atoms with Gasteiger partial charge in [-0.25, -0.2) is 4.63 Å². The Morgan fingerprint density at radius 1 is 1.15 bits per heavy atom. The zero-order valence-corrected chi connectivity index (χ0v) is 10.6. The number of nitro benzene ring substituents is 1. The van der Waals surface area contributed by atoms with E-state index >= 15 is 0 Å². The lowest BCUT2D eigenvalue weighted by molar-refractivity contribution is -0.382. The fourth-order valence-corrected chi connectivity index (χ4v) is 2.07. The van der Waals surface area contributed by atoms with E-state index in [1.165, 1.54) is 0 Å². The summed E-state index contributed by atoms with van der Waals surface area (Å²) in [6.45, 7) is 0. The Hall–Kier alpha value is -2.96. The molecule has 0 unspecified atom stereocenters. The molecule has 0 saturated carbocycles. The second kappa shape index (κ2) is 4.61. The van der Waals surface area contributed by atoms with Crippen LogP contribution < -0.4 is 4.90 Å². The predicted molar refractivity (Wildman–Crippen MR) is 73.0 cm³/mol. The molecule has 0 bridgehead atoms. The van der Waals surface area contributed by atoms with E-state index in [1.54, 1.807) is 24.1 Å². The molecule has 1 heterocycles. The number of rotatable bonds is 3. The number of aromatic nitrogens is 2. The molecule has 0 atom stereocenters. The molecule has 20 heavy (non-hydrogen) atoms. The Morgan fingerprint density at radius 3 is 2.60 bits per heavy atom. The van der Waals surface area contributed by atoms with E-state index < -0.39 is 4.92 Å². The Bertz CT molecular complexity index is 770. The van der Waals surface area contributed by atoms with Gasteiger partial charge in [0.25, 0.3) is 0 Å². The molecule has 0 fully saturated rings. The summed E-state index contributed by atoms with van der Waals surface area (Å²) in [6, 6.07) is 12.6. The molecule has 0 saturated heterocycles. The minimum atomic E-state index is -0.471. The van der Waals surface area contributed by atoms with E-state index in [-0.39, 0.29) is 11.2 Å². The molecule has 0 amide bonds. The summed E-state index contributed by atoms with van der Waals surface area (Å²) in [7, 11) is 1.76. The van der Waals surface area contributed by atoms with Gasteiger partial charge in [0, 0.05) is 12.7 Å². The number of nitrogens with zero attached hydrogens (tertiary/aromatic N) is 4. The standard InChI is InChI=1S/C13H10N4O3/c1-16(9-5-3-2-4-6-9)11-8-7-10-12(15-20-14-10)13(11)17(18)19/h2-8H,1H3. The van der Waals surface area contributed by atoms with Crippen molar-refractivity contribution in [3.05, 3.63) is 52.6 Å². The van der Waals surface area contributed by atoms with Crippen LogP contribution in [0, 0.1) is 10.1 Å². The summed E-state index contributed by atoms with van der Waals surface area (Å²) >= 11 is 0. The molecule has 0 N–H and O–H groups in total. The molecule has 7 nitrogen and oxygen atoms in total. The fraction of sp³-hybridized carbons (Fsp3) is 0.0769. The molecule has 0 aliphatic carbocycles. The van der Waals surface area contributed by atoms with Gasteiger partial charge in [-0.2, -0.15) is 0 Å². The third-order valence-corrected chi connectivity index (χ3v) is 3.07. The van der Waals surface area contributed by atoms with Crippen LogP contribution in [0.3, 0.4) is 0 Å². The summed E-state index contributed by atoms with van der Waals surface area (Å²) < 4.78 is 4.57. The van der Waals surface area contributed by atoms with Crippen LogP contribution in [0.2, 0.25) is 0 Å².